The number of benzene rings is 2. The average molecular weight is 235 g/mol. The van der Waals surface area contributed by atoms with E-state index in [2.05, 4.69) is 5.32 Å². The fourth-order valence-corrected chi connectivity index (χ4v) is 1.41. The molecule has 88 valence electrons. The summed E-state index contributed by atoms with van der Waals surface area (Å²) in [7, 11) is 0. The van der Waals surface area contributed by atoms with Crippen molar-refractivity contribution in [3.63, 3.8) is 0 Å². The van der Waals surface area contributed by atoms with Crippen molar-refractivity contribution in [3.05, 3.63) is 48.0 Å². The number of nitrogens with one attached hydrogen (secondary N) is 1. The summed E-state index contributed by atoms with van der Waals surface area (Å²) < 4.78 is 26.3. The largest absolute Gasteiger partial charge is 0.397 e. The quantitative estimate of drug-likeness (QED) is 0.701. The summed E-state index contributed by atoms with van der Waals surface area (Å²) in [6.45, 7) is 0. The third-order valence-corrected chi connectivity index (χ3v) is 2.32. The number of hydrogen-bond donors (Lipinski definition) is 3. The predicted molar refractivity (Wildman–Crippen MR) is 64.9 cm³/mol. The van der Waals surface area contributed by atoms with Gasteiger partial charge in [-0.3, -0.25) is 0 Å². The Balaban J connectivity index is 2.31. The highest BCUT2D eigenvalue weighted by Crippen LogP contribution is 2.25. The Hall–Kier alpha value is -2.30. The second kappa shape index (κ2) is 4.29. The lowest BCUT2D eigenvalue weighted by Gasteiger charge is -2.09. The van der Waals surface area contributed by atoms with Gasteiger partial charge in [-0.05, 0) is 30.3 Å². The van der Waals surface area contributed by atoms with Crippen LogP contribution in [-0.4, -0.2) is 0 Å². The maximum atomic E-state index is 13.4. The molecule has 0 atom stereocenters. The van der Waals surface area contributed by atoms with Crippen molar-refractivity contribution in [2.45, 2.75) is 0 Å². The van der Waals surface area contributed by atoms with E-state index in [1.165, 1.54) is 12.1 Å². The van der Waals surface area contributed by atoms with Crippen LogP contribution >= 0.6 is 0 Å². The van der Waals surface area contributed by atoms with Crippen LogP contribution in [-0.2, 0) is 0 Å². The van der Waals surface area contributed by atoms with Gasteiger partial charge in [0, 0.05) is 5.69 Å². The molecule has 2 rings (SSSR count). The lowest BCUT2D eigenvalue weighted by Crippen LogP contribution is -1.99. The van der Waals surface area contributed by atoms with Gasteiger partial charge in [-0.2, -0.15) is 0 Å². The predicted octanol–water partition coefficient (Wildman–Crippen LogP) is 2.87. The number of halogens is 2. The molecule has 0 spiro atoms. The number of anilines is 4. The minimum absolute atomic E-state index is 0.0502. The molecular formula is C12H11F2N3. The van der Waals surface area contributed by atoms with Crippen molar-refractivity contribution in [2.75, 3.05) is 16.8 Å². The minimum Gasteiger partial charge on any atom is -0.397 e. The second-order valence-corrected chi connectivity index (χ2v) is 3.57. The van der Waals surface area contributed by atoms with Gasteiger partial charge in [-0.1, -0.05) is 6.07 Å². The standard InChI is InChI=1S/C12H11F2N3/c13-8-2-1-3-11(12(8)14)17-7-4-5-9(15)10(16)6-7/h1-6,17H,15-16H2. The van der Waals surface area contributed by atoms with Crippen LogP contribution < -0.4 is 16.8 Å². The van der Waals surface area contributed by atoms with Gasteiger partial charge in [-0.25, -0.2) is 8.78 Å². The lowest BCUT2D eigenvalue weighted by atomic mass is 10.2. The van der Waals surface area contributed by atoms with Crippen LogP contribution in [0.15, 0.2) is 36.4 Å². The zero-order valence-electron chi connectivity index (χ0n) is 8.87. The second-order valence-electron chi connectivity index (χ2n) is 3.57. The first-order chi connectivity index (χ1) is 8.08. The van der Waals surface area contributed by atoms with Gasteiger partial charge in [-0.15, -0.1) is 0 Å². The molecule has 0 heterocycles. The summed E-state index contributed by atoms with van der Waals surface area (Å²) in [4.78, 5) is 0. The molecule has 0 unspecified atom stereocenters. The summed E-state index contributed by atoms with van der Waals surface area (Å²) in [6, 6.07) is 8.69. The molecule has 0 amide bonds. The van der Waals surface area contributed by atoms with Gasteiger partial charge in [0.05, 0.1) is 17.1 Å². The van der Waals surface area contributed by atoms with Crippen molar-refractivity contribution in [3.8, 4) is 0 Å². The van der Waals surface area contributed by atoms with E-state index >= 15 is 0 Å². The van der Waals surface area contributed by atoms with Gasteiger partial charge < -0.3 is 16.8 Å². The van der Waals surface area contributed by atoms with Crippen LogP contribution in [0, 0.1) is 11.6 Å². The summed E-state index contributed by atoms with van der Waals surface area (Å²) in [5.74, 6) is -1.83. The zero-order chi connectivity index (χ0) is 12.4. The van der Waals surface area contributed by atoms with E-state index in [-0.39, 0.29) is 5.69 Å². The molecule has 0 aliphatic heterocycles. The molecule has 5 N–H and O–H groups in total. The molecule has 3 nitrogen and oxygen atoms in total. The van der Waals surface area contributed by atoms with Crippen molar-refractivity contribution in [2.24, 2.45) is 0 Å². The fourth-order valence-electron chi connectivity index (χ4n) is 1.41. The number of nitrogen functional groups attached to an aromatic ring is 2. The first kappa shape index (κ1) is 11.2. The highest BCUT2D eigenvalue weighted by molar-refractivity contribution is 5.72. The van der Waals surface area contributed by atoms with Crippen LogP contribution in [0.1, 0.15) is 0 Å². The highest BCUT2D eigenvalue weighted by Gasteiger charge is 2.07. The van der Waals surface area contributed by atoms with Crippen molar-refractivity contribution in [1.82, 2.24) is 0 Å². The summed E-state index contributed by atoms with van der Waals surface area (Å²) in [5.41, 5.74) is 12.6. The van der Waals surface area contributed by atoms with Crippen LogP contribution in [0.2, 0.25) is 0 Å². The summed E-state index contributed by atoms with van der Waals surface area (Å²) >= 11 is 0. The maximum absolute atomic E-state index is 13.4. The van der Waals surface area contributed by atoms with Crippen LogP contribution in [0.5, 0.6) is 0 Å². The van der Waals surface area contributed by atoms with E-state index in [1.807, 2.05) is 0 Å². The molecule has 0 aliphatic rings. The third-order valence-electron chi connectivity index (χ3n) is 2.32. The summed E-state index contributed by atoms with van der Waals surface area (Å²) in [5, 5.41) is 2.73. The van der Waals surface area contributed by atoms with E-state index < -0.39 is 11.6 Å². The Morgan fingerprint density at radius 3 is 2.41 bits per heavy atom. The molecule has 2 aromatic rings. The van der Waals surface area contributed by atoms with Gasteiger partial charge in [0.1, 0.15) is 0 Å². The van der Waals surface area contributed by atoms with Crippen molar-refractivity contribution < 1.29 is 8.78 Å². The van der Waals surface area contributed by atoms with Crippen LogP contribution in [0.3, 0.4) is 0 Å². The van der Waals surface area contributed by atoms with E-state index in [0.717, 1.165) is 6.07 Å². The smallest absolute Gasteiger partial charge is 0.182 e. The molecule has 0 aliphatic carbocycles. The molecular weight excluding hydrogens is 224 g/mol. The normalized spacial score (nSPS) is 10.2. The number of rotatable bonds is 2. The highest BCUT2D eigenvalue weighted by atomic mass is 19.2. The molecule has 0 radical (unpaired) electrons. The van der Waals surface area contributed by atoms with Crippen LogP contribution in [0.25, 0.3) is 0 Å². The molecule has 2 aromatic carbocycles. The first-order valence-corrected chi connectivity index (χ1v) is 4.94. The van der Waals surface area contributed by atoms with Gasteiger partial charge in [0.15, 0.2) is 11.6 Å². The van der Waals surface area contributed by atoms with E-state index in [9.17, 15) is 8.78 Å². The van der Waals surface area contributed by atoms with Crippen molar-refractivity contribution in [1.29, 1.82) is 0 Å². The molecule has 0 aromatic heterocycles. The summed E-state index contributed by atoms with van der Waals surface area (Å²) in [6.07, 6.45) is 0. The van der Waals surface area contributed by atoms with E-state index in [1.54, 1.807) is 18.2 Å². The minimum atomic E-state index is -0.928. The Morgan fingerprint density at radius 1 is 0.941 bits per heavy atom. The molecule has 0 saturated carbocycles. The average Bonchev–Trinajstić information content (AvgIpc) is 2.30. The van der Waals surface area contributed by atoms with Gasteiger partial charge in [0.25, 0.3) is 0 Å². The Labute approximate surface area is 97.0 Å². The SMILES string of the molecule is Nc1ccc(Nc2cccc(F)c2F)cc1N. The topological polar surface area (TPSA) is 64.1 Å². The van der Waals surface area contributed by atoms with E-state index in [4.69, 9.17) is 11.5 Å². The molecule has 0 fully saturated rings. The molecule has 5 heteroatoms. The Kier molecular flexibility index (Phi) is 2.82. The monoisotopic (exact) mass is 235 g/mol. The number of hydrogen-bond acceptors (Lipinski definition) is 3. The van der Waals surface area contributed by atoms with Crippen molar-refractivity contribution >= 4 is 22.7 Å². The molecule has 17 heavy (non-hydrogen) atoms. The Bertz CT molecular complexity index is 555. The van der Waals surface area contributed by atoms with Gasteiger partial charge >= 0.3 is 0 Å². The van der Waals surface area contributed by atoms with Gasteiger partial charge in [0.2, 0.25) is 0 Å². The maximum Gasteiger partial charge on any atom is 0.182 e. The number of nitrogens with two attached hydrogens (primary N) is 2. The van der Waals surface area contributed by atoms with E-state index in [0.29, 0.717) is 17.1 Å². The van der Waals surface area contributed by atoms with Crippen LogP contribution in [0.4, 0.5) is 31.5 Å². The zero-order valence-corrected chi connectivity index (χ0v) is 8.87. The first-order valence-electron chi connectivity index (χ1n) is 4.94. The Morgan fingerprint density at radius 2 is 1.71 bits per heavy atom. The molecule has 0 bridgehead atoms. The lowest BCUT2D eigenvalue weighted by molar-refractivity contribution is 0.512. The third kappa shape index (κ3) is 2.28. The fraction of sp³-hybridized carbons (Fsp3) is 0. The molecule has 0 saturated heterocycles.